The van der Waals surface area contributed by atoms with E-state index in [0.29, 0.717) is 0 Å². The first-order chi connectivity index (χ1) is 10.3. The highest BCUT2D eigenvalue weighted by molar-refractivity contribution is 5.35. The van der Waals surface area contributed by atoms with Gasteiger partial charge in [0.15, 0.2) is 0 Å². The molecule has 21 heavy (non-hydrogen) atoms. The van der Waals surface area contributed by atoms with E-state index in [2.05, 4.69) is 46.8 Å². The largest absolute Gasteiger partial charge is 0.380 e. The monoisotopic (exact) mass is 289 g/mol. The van der Waals surface area contributed by atoms with Crippen LogP contribution in [0.25, 0.3) is 5.69 Å². The molecular formula is C15H23N5O. The van der Waals surface area contributed by atoms with Crippen LogP contribution in [0.2, 0.25) is 0 Å². The molecule has 0 bridgehead atoms. The van der Waals surface area contributed by atoms with Gasteiger partial charge >= 0.3 is 0 Å². The van der Waals surface area contributed by atoms with Crippen LogP contribution in [-0.2, 0) is 4.74 Å². The Morgan fingerprint density at radius 3 is 3.00 bits per heavy atom. The molecule has 1 aromatic carbocycles. The van der Waals surface area contributed by atoms with Crippen LogP contribution in [0.4, 0.5) is 0 Å². The number of hydrogen-bond donors (Lipinski definition) is 1. The van der Waals surface area contributed by atoms with Gasteiger partial charge in [-0.3, -0.25) is 0 Å². The third-order valence-corrected chi connectivity index (χ3v) is 3.32. The lowest BCUT2D eigenvalue weighted by molar-refractivity contribution is 0.131. The molecule has 0 aliphatic heterocycles. The van der Waals surface area contributed by atoms with E-state index in [1.165, 1.54) is 12.0 Å². The molecule has 0 fully saturated rings. The third kappa shape index (κ3) is 4.91. The van der Waals surface area contributed by atoms with Crippen molar-refractivity contribution in [1.29, 1.82) is 0 Å². The van der Waals surface area contributed by atoms with Gasteiger partial charge in [0.05, 0.1) is 12.3 Å². The predicted octanol–water partition coefficient (Wildman–Crippen LogP) is 2.13. The first-order valence-corrected chi connectivity index (χ1v) is 7.45. The standard InChI is InChI=1S/C15H23N5O/c1-3-4-9-21-10-8-16-13(2)14-6-5-7-15(11-14)20-12-17-18-19-20/h5-7,11-13,16H,3-4,8-10H2,1-2H3. The van der Waals surface area contributed by atoms with Crippen molar-refractivity contribution >= 4 is 0 Å². The molecule has 1 aromatic heterocycles. The Labute approximate surface area is 125 Å². The van der Waals surface area contributed by atoms with Crippen LogP contribution in [-0.4, -0.2) is 40.0 Å². The SMILES string of the molecule is CCCCOCCNC(C)c1cccc(-n2cnnn2)c1. The summed E-state index contributed by atoms with van der Waals surface area (Å²) in [6.07, 6.45) is 3.90. The number of nitrogens with zero attached hydrogens (tertiary/aromatic N) is 4. The topological polar surface area (TPSA) is 64.9 Å². The van der Waals surface area contributed by atoms with Crippen molar-refractivity contribution in [2.45, 2.75) is 32.7 Å². The summed E-state index contributed by atoms with van der Waals surface area (Å²) in [6.45, 7) is 6.75. The number of aromatic nitrogens is 4. The van der Waals surface area contributed by atoms with Crippen molar-refractivity contribution in [3.05, 3.63) is 36.2 Å². The highest BCUT2D eigenvalue weighted by atomic mass is 16.5. The first kappa shape index (κ1) is 15.6. The van der Waals surface area contributed by atoms with Gasteiger partial charge in [-0.05, 0) is 41.5 Å². The lowest BCUT2D eigenvalue weighted by Gasteiger charge is -2.15. The van der Waals surface area contributed by atoms with Crippen molar-refractivity contribution in [1.82, 2.24) is 25.5 Å². The van der Waals surface area contributed by atoms with Gasteiger partial charge < -0.3 is 10.1 Å². The summed E-state index contributed by atoms with van der Waals surface area (Å²) < 4.78 is 7.21. The fourth-order valence-corrected chi connectivity index (χ4v) is 2.03. The van der Waals surface area contributed by atoms with Crippen molar-refractivity contribution in [2.24, 2.45) is 0 Å². The second kappa shape index (κ2) is 8.49. The van der Waals surface area contributed by atoms with Crippen LogP contribution in [0.5, 0.6) is 0 Å². The maximum Gasteiger partial charge on any atom is 0.143 e. The molecule has 0 radical (unpaired) electrons. The Bertz CT molecular complexity index is 515. The summed E-state index contributed by atoms with van der Waals surface area (Å²) in [5.74, 6) is 0. The predicted molar refractivity (Wildman–Crippen MR) is 81.3 cm³/mol. The molecule has 0 saturated carbocycles. The second-order valence-corrected chi connectivity index (χ2v) is 4.99. The zero-order valence-electron chi connectivity index (χ0n) is 12.7. The average molecular weight is 289 g/mol. The third-order valence-electron chi connectivity index (χ3n) is 3.32. The van der Waals surface area contributed by atoms with Gasteiger partial charge in [0, 0.05) is 19.2 Å². The number of unbranched alkanes of at least 4 members (excludes halogenated alkanes) is 1. The number of nitrogens with one attached hydrogen (secondary N) is 1. The molecule has 1 atom stereocenters. The van der Waals surface area contributed by atoms with Gasteiger partial charge in [0.25, 0.3) is 0 Å². The molecule has 1 heterocycles. The Balaban J connectivity index is 1.82. The number of tetrazole rings is 1. The van der Waals surface area contributed by atoms with Crippen LogP contribution in [0.1, 0.15) is 38.3 Å². The molecule has 2 aromatic rings. The van der Waals surface area contributed by atoms with Crippen molar-refractivity contribution < 1.29 is 4.74 Å². The zero-order chi connectivity index (χ0) is 14.9. The molecule has 6 nitrogen and oxygen atoms in total. The number of benzene rings is 1. The first-order valence-electron chi connectivity index (χ1n) is 7.45. The van der Waals surface area contributed by atoms with Gasteiger partial charge in [-0.1, -0.05) is 25.5 Å². The van der Waals surface area contributed by atoms with Gasteiger partial charge in [-0.2, -0.15) is 0 Å². The Morgan fingerprint density at radius 1 is 1.33 bits per heavy atom. The minimum absolute atomic E-state index is 0.260. The van der Waals surface area contributed by atoms with E-state index in [4.69, 9.17) is 4.74 Å². The summed E-state index contributed by atoms with van der Waals surface area (Å²) in [5.41, 5.74) is 2.17. The lowest BCUT2D eigenvalue weighted by Crippen LogP contribution is -2.23. The van der Waals surface area contributed by atoms with Crippen LogP contribution in [0, 0.1) is 0 Å². The van der Waals surface area contributed by atoms with E-state index in [1.807, 2.05) is 12.1 Å². The Kier molecular flexibility index (Phi) is 6.30. The number of rotatable bonds is 9. The Morgan fingerprint density at radius 2 is 2.24 bits per heavy atom. The van der Waals surface area contributed by atoms with Gasteiger partial charge in [-0.15, -0.1) is 5.10 Å². The molecular weight excluding hydrogens is 266 g/mol. The molecule has 2 rings (SSSR count). The average Bonchev–Trinajstić information content (AvgIpc) is 3.05. The van der Waals surface area contributed by atoms with Crippen molar-refractivity contribution in [3.8, 4) is 5.69 Å². The van der Waals surface area contributed by atoms with Crippen molar-refractivity contribution in [2.75, 3.05) is 19.8 Å². The second-order valence-electron chi connectivity index (χ2n) is 4.99. The fraction of sp³-hybridized carbons (Fsp3) is 0.533. The highest BCUT2D eigenvalue weighted by Crippen LogP contribution is 2.15. The van der Waals surface area contributed by atoms with Crippen LogP contribution >= 0.6 is 0 Å². The molecule has 1 unspecified atom stereocenters. The molecule has 0 aliphatic rings. The summed E-state index contributed by atoms with van der Waals surface area (Å²) in [6, 6.07) is 8.45. The minimum atomic E-state index is 0.260. The van der Waals surface area contributed by atoms with Gasteiger partial charge in [0.1, 0.15) is 6.33 Å². The normalized spacial score (nSPS) is 12.5. The van der Waals surface area contributed by atoms with Crippen LogP contribution in [0.15, 0.2) is 30.6 Å². The zero-order valence-corrected chi connectivity index (χ0v) is 12.7. The van der Waals surface area contributed by atoms with E-state index in [9.17, 15) is 0 Å². The van der Waals surface area contributed by atoms with E-state index < -0.39 is 0 Å². The molecule has 1 N–H and O–H groups in total. The molecule has 0 aliphatic carbocycles. The highest BCUT2D eigenvalue weighted by Gasteiger charge is 2.06. The van der Waals surface area contributed by atoms with Crippen LogP contribution < -0.4 is 5.32 Å². The molecule has 114 valence electrons. The molecule has 0 spiro atoms. The van der Waals surface area contributed by atoms with E-state index in [1.54, 1.807) is 11.0 Å². The maximum absolute atomic E-state index is 5.55. The summed E-state index contributed by atoms with van der Waals surface area (Å²) in [4.78, 5) is 0. The van der Waals surface area contributed by atoms with E-state index in [-0.39, 0.29) is 6.04 Å². The summed E-state index contributed by atoms with van der Waals surface area (Å²) >= 11 is 0. The summed E-state index contributed by atoms with van der Waals surface area (Å²) in [5, 5.41) is 14.7. The van der Waals surface area contributed by atoms with Crippen molar-refractivity contribution in [3.63, 3.8) is 0 Å². The molecule has 6 heteroatoms. The Hall–Kier alpha value is -1.79. The van der Waals surface area contributed by atoms with E-state index >= 15 is 0 Å². The minimum Gasteiger partial charge on any atom is -0.380 e. The smallest absolute Gasteiger partial charge is 0.143 e. The molecule has 0 amide bonds. The lowest BCUT2D eigenvalue weighted by atomic mass is 10.1. The molecule has 0 saturated heterocycles. The summed E-state index contributed by atoms with van der Waals surface area (Å²) in [7, 11) is 0. The van der Waals surface area contributed by atoms with Gasteiger partial charge in [0.2, 0.25) is 0 Å². The number of ether oxygens (including phenoxy) is 1. The van der Waals surface area contributed by atoms with Gasteiger partial charge in [-0.25, -0.2) is 4.68 Å². The maximum atomic E-state index is 5.55. The quantitative estimate of drug-likeness (QED) is 0.716. The van der Waals surface area contributed by atoms with E-state index in [0.717, 1.165) is 31.9 Å². The fourth-order valence-electron chi connectivity index (χ4n) is 2.03. The number of hydrogen-bond acceptors (Lipinski definition) is 5. The van der Waals surface area contributed by atoms with Crippen LogP contribution in [0.3, 0.4) is 0 Å².